The van der Waals surface area contributed by atoms with Gasteiger partial charge in [0.05, 0.1) is 24.3 Å². The summed E-state index contributed by atoms with van der Waals surface area (Å²) in [4.78, 5) is 55.7. The van der Waals surface area contributed by atoms with E-state index in [1.165, 1.54) is 7.11 Å². The minimum atomic E-state index is -1.40. The molecule has 5 aromatic carbocycles. The van der Waals surface area contributed by atoms with Crippen molar-refractivity contribution in [2.45, 2.75) is 48.4 Å². The maximum atomic E-state index is 13.8. The minimum Gasteiger partial charge on any atom is -0.467 e. The number of methoxy groups -OCH3 is 1. The summed E-state index contributed by atoms with van der Waals surface area (Å²) in [7, 11) is 1.28. The first-order valence-corrected chi connectivity index (χ1v) is 19.6. The molecule has 1 fully saturated rings. The van der Waals surface area contributed by atoms with Crippen LogP contribution in [-0.2, 0) is 35.0 Å². The lowest BCUT2D eigenvalue weighted by atomic mass is 9.84. The second kappa shape index (κ2) is 18.6. The molecule has 1 saturated heterocycles. The number of carbonyl (C=O) groups excluding carboxylic acids is 4. The molecule has 6 rings (SSSR count). The fourth-order valence-corrected chi connectivity index (χ4v) is 8.81. The van der Waals surface area contributed by atoms with Crippen LogP contribution in [0.5, 0.6) is 0 Å². The Kier molecular flexibility index (Phi) is 13.2. The molecule has 1 aliphatic rings. The number of rotatable bonds is 15. The van der Waals surface area contributed by atoms with Gasteiger partial charge < -0.3 is 19.7 Å². The number of benzene rings is 5. The van der Waals surface area contributed by atoms with Gasteiger partial charge in [0, 0.05) is 24.3 Å². The van der Waals surface area contributed by atoms with E-state index in [2.05, 4.69) is 41.7 Å². The molecule has 1 heterocycles. The zero-order chi connectivity index (χ0) is 38.5. The molecular weight excluding hydrogens is 709 g/mol. The molecule has 0 saturated carbocycles. The largest absolute Gasteiger partial charge is 0.467 e. The number of hydrogen-bond donors (Lipinski definition) is 1. The van der Waals surface area contributed by atoms with Crippen LogP contribution < -0.4 is 5.32 Å². The first-order valence-electron chi connectivity index (χ1n) is 18.6. The Morgan fingerprint density at radius 1 is 0.745 bits per heavy atom. The fraction of sp³-hybridized carbons (Fsp3) is 0.261. The van der Waals surface area contributed by atoms with Gasteiger partial charge in [-0.1, -0.05) is 140 Å². The molecular formula is C46H46N2O6S. The molecule has 0 aromatic heterocycles. The van der Waals surface area contributed by atoms with Crippen molar-refractivity contribution >= 4 is 35.5 Å². The fourth-order valence-electron chi connectivity index (χ4n) is 7.33. The van der Waals surface area contributed by atoms with Crippen molar-refractivity contribution in [1.82, 2.24) is 10.2 Å². The molecule has 282 valence electrons. The van der Waals surface area contributed by atoms with E-state index in [1.54, 1.807) is 47.0 Å². The van der Waals surface area contributed by atoms with Crippen LogP contribution in [0.1, 0.15) is 58.3 Å². The maximum absolute atomic E-state index is 13.8. The number of nitrogens with one attached hydrogen (secondary N) is 1. The normalized spacial score (nSPS) is 16.4. The van der Waals surface area contributed by atoms with Gasteiger partial charge in [-0.2, -0.15) is 0 Å². The number of thioether (sulfide) groups is 1. The lowest BCUT2D eigenvalue weighted by molar-refractivity contribution is -0.148. The van der Waals surface area contributed by atoms with E-state index in [-0.39, 0.29) is 50.7 Å². The summed E-state index contributed by atoms with van der Waals surface area (Å²) in [6.45, 7) is 0.134. The lowest BCUT2D eigenvalue weighted by Gasteiger charge is -2.35. The highest BCUT2D eigenvalue weighted by atomic mass is 32.2. The molecule has 0 spiro atoms. The summed E-state index contributed by atoms with van der Waals surface area (Å²) in [6, 6.07) is 48.9. The van der Waals surface area contributed by atoms with Gasteiger partial charge in [0.1, 0.15) is 12.1 Å². The molecule has 0 radical (unpaired) electrons. The van der Waals surface area contributed by atoms with Gasteiger partial charge in [0.15, 0.2) is 0 Å². The van der Waals surface area contributed by atoms with Gasteiger partial charge in [-0.25, -0.2) is 4.79 Å². The lowest BCUT2D eigenvalue weighted by Crippen LogP contribution is -2.55. The molecule has 8 nitrogen and oxygen atoms in total. The van der Waals surface area contributed by atoms with Gasteiger partial charge >= 0.3 is 11.9 Å². The molecule has 5 aromatic rings. The number of nitrogens with zero attached hydrogens (tertiary/aromatic N) is 1. The molecule has 9 heteroatoms. The first-order chi connectivity index (χ1) is 26.8. The highest BCUT2D eigenvalue weighted by molar-refractivity contribution is 8.00. The van der Waals surface area contributed by atoms with Crippen molar-refractivity contribution in [3.8, 4) is 0 Å². The summed E-state index contributed by atoms with van der Waals surface area (Å²) in [6.07, 6.45) is 0.812. The summed E-state index contributed by atoms with van der Waals surface area (Å²) in [5, 5.41) is 2.91. The quantitative estimate of drug-likeness (QED) is 0.0868. The molecule has 0 unspecified atom stereocenters. The van der Waals surface area contributed by atoms with E-state index >= 15 is 0 Å². The monoisotopic (exact) mass is 754 g/mol. The molecule has 0 bridgehead atoms. The van der Waals surface area contributed by atoms with Crippen molar-refractivity contribution in [2.75, 3.05) is 26.0 Å². The molecule has 1 N–H and O–H groups in total. The molecule has 1 aliphatic heterocycles. The van der Waals surface area contributed by atoms with E-state index in [9.17, 15) is 19.2 Å². The van der Waals surface area contributed by atoms with Crippen molar-refractivity contribution in [3.05, 3.63) is 179 Å². The number of amides is 2. The Bertz CT molecular complexity index is 1920. The molecule has 0 aliphatic carbocycles. The summed E-state index contributed by atoms with van der Waals surface area (Å²) >= 11 is 1.69. The van der Waals surface area contributed by atoms with Gasteiger partial charge in [-0.05, 0) is 53.6 Å². The van der Waals surface area contributed by atoms with Crippen LogP contribution in [0.3, 0.4) is 0 Å². The van der Waals surface area contributed by atoms with E-state index in [0.29, 0.717) is 17.7 Å². The van der Waals surface area contributed by atoms with Crippen LogP contribution in [-0.4, -0.2) is 66.2 Å². The van der Waals surface area contributed by atoms with E-state index < -0.39 is 28.2 Å². The molecule has 55 heavy (non-hydrogen) atoms. The predicted octanol–water partition coefficient (Wildman–Crippen LogP) is 7.61. The maximum Gasteiger partial charge on any atom is 0.331 e. The van der Waals surface area contributed by atoms with Crippen molar-refractivity contribution in [3.63, 3.8) is 0 Å². The molecule has 2 atom stereocenters. The van der Waals surface area contributed by atoms with Crippen LogP contribution in [0, 0.1) is 0 Å². The Morgan fingerprint density at radius 3 is 1.78 bits per heavy atom. The zero-order valence-electron chi connectivity index (χ0n) is 31.0. The number of carbonyl (C=O) groups is 4. The van der Waals surface area contributed by atoms with Gasteiger partial charge in [-0.15, -0.1) is 11.8 Å². The average molecular weight is 755 g/mol. The van der Waals surface area contributed by atoms with E-state index in [0.717, 1.165) is 22.3 Å². The standard InChI is InChI=1S/C46H46N2O6S/c1-53-44(52)45(47-43(51)36-19-9-3-10-20-36)29-27-41(49)48(31-30-45)40(33-35-17-7-2-8-18-35)34-54-42(50)28-32-55-46(37-21-11-4-12-22-37,38-23-13-5-14-24-38)39-25-15-6-16-26-39/h2-26,40H,27-34H2,1H3,(H,47,51)/t40-,45+/m0/s1. The number of esters is 2. The molecule has 2 amide bonds. The smallest absolute Gasteiger partial charge is 0.331 e. The van der Waals surface area contributed by atoms with Crippen LogP contribution in [0.2, 0.25) is 0 Å². The van der Waals surface area contributed by atoms with Crippen molar-refractivity contribution in [2.24, 2.45) is 0 Å². The first kappa shape index (κ1) is 39.0. The SMILES string of the molecule is COC(=O)[C@@]1(NC(=O)c2ccccc2)CCC(=O)N([C@H](COC(=O)CCSC(c2ccccc2)(c2ccccc2)c2ccccc2)Cc2ccccc2)CC1. The van der Waals surface area contributed by atoms with Crippen LogP contribution in [0.4, 0.5) is 0 Å². The van der Waals surface area contributed by atoms with Crippen LogP contribution in [0.25, 0.3) is 0 Å². The van der Waals surface area contributed by atoms with Crippen LogP contribution >= 0.6 is 11.8 Å². The predicted molar refractivity (Wildman–Crippen MR) is 215 cm³/mol. The third kappa shape index (κ3) is 9.35. The Balaban J connectivity index is 1.18. The number of ether oxygens (including phenoxy) is 2. The minimum absolute atomic E-state index is 0.000582. The third-order valence-corrected chi connectivity index (χ3v) is 11.7. The summed E-state index contributed by atoms with van der Waals surface area (Å²) in [5.74, 6) is -1.10. The Morgan fingerprint density at radius 2 is 1.25 bits per heavy atom. The Hall–Kier alpha value is -5.67. The van der Waals surface area contributed by atoms with Crippen LogP contribution in [0.15, 0.2) is 152 Å². The highest BCUT2D eigenvalue weighted by Gasteiger charge is 2.45. The zero-order valence-corrected chi connectivity index (χ0v) is 31.8. The number of hydrogen-bond acceptors (Lipinski definition) is 7. The second-order valence-corrected chi connectivity index (χ2v) is 14.9. The summed E-state index contributed by atoms with van der Waals surface area (Å²) in [5.41, 5.74) is 3.30. The van der Waals surface area contributed by atoms with E-state index in [1.807, 2.05) is 84.9 Å². The van der Waals surface area contributed by atoms with E-state index in [4.69, 9.17) is 9.47 Å². The number of likely N-dealkylation sites (tertiary alicyclic amines) is 1. The second-order valence-electron chi connectivity index (χ2n) is 13.6. The van der Waals surface area contributed by atoms with Gasteiger partial charge in [-0.3, -0.25) is 14.4 Å². The van der Waals surface area contributed by atoms with Crippen molar-refractivity contribution < 1.29 is 28.7 Å². The van der Waals surface area contributed by atoms with Gasteiger partial charge in [0.2, 0.25) is 5.91 Å². The highest BCUT2D eigenvalue weighted by Crippen LogP contribution is 2.48. The van der Waals surface area contributed by atoms with Crippen molar-refractivity contribution in [1.29, 1.82) is 0 Å². The Labute approximate surface area is 327 Å². The third-order valence-electron chi connectivity index (χ3n) is 10.2. The summed E-state index contributed by atoms with van der Waals surface area (Å²) < 4.78 is 10.6. The topological polar surface area (TPSA) is 102 Å². The van der Waals surface area contributed by atoms with Gasteiger partial charge in [0.25, 0.3) is 5.91 Å². The average Bonchev–Trinajstić information content (AvgIpc) is 3.41.